The van der Waals surface area contributed by atoms with E-state index in [9.17, 15) is 4.79 Å². The average Bonchev–Trinajstić information content (AvgIpc) is 2.88. The molecule has 2 aromatic rings. The van der Waals surface area contributed by atoms with Gasteiger partial charge in [-0.15, -0.1) is 0 Å². The number of benzene rings is 1. The summed E-state index contributed by atoms with van der Waals surface area (Å²) in [5, 5.41) is 3.75. The van der Waals surface area contributed by atoms with E-state index in [1.807, 2.05) is 17.0 Å². The molecule has 0 unspecified atom stereocenters. The van der Waals surface area contributed by atoms with Gasteiger partial charge in [-0.25, -0.2) is 0 Å². The lowest BCUT2D eigenvalue weighted by molar-refractivity contribution is 0.0530. The second kappa shape index (κ2) is 4.25. The summed E-state index contributed by atoms with van der Waals surface area (Å²) in [6, 6.07) is 7.27. The maximum Gasteiger partial charge on any atom is 0.253 e. The first-order chi connectivity index (χ1) is 8.74. The van der Waals surface area contributed by atoms with Gasteiger partial charge in [-0.2, -0.15) is 4.98 Å². The van der Waals surface area contributed by atoms with E-state index < -0.39 is 0 Å². The molecule has 1 saturated heterocycles. The van der Waals surface area contributed by atoms with Crippen LogP contribution in [-0.4, -0.2) is 34.0 Å². The molecule has 5 nitrogen and oxygen atoms in total. The fourth-order valence-corrected chi connectivity index (χ4v) is 2.11. The topological polar surface area (TPSA) is 59.2 Å². The Bertz CT molecular complexity index is 542. The Morgan fingerprint density at radius 2 is 2.06 bits per heavy atom. The van der Waals surface area contributed by atoms with Crippen LogP contribution >= 0.6 is 0 Å². The van der Waals surface area contributed by atoms with Gasteiger partial charge in [0, 0.05) is 24.2 Å². The lowest BCUT2D eigenvalue weighted by Gasteiger charge is -2.37. The largest absolute Gasteiger partial charge is 0.342 e. The molecule has 1 aliphatic rings. The van der Waals surface area contributed by atoms with Gasteiger partial charge in [0.25, 0.3) is 5.91 Å². The molecule has 0 saturated carbocycles. The number of likely N-dealkylation sites (tertiary alicyclic amines) is 1. The molecule has 1 fully saturated rings. The van der Waals surface area contributed by atoms with E-state index in [1.165, 1.54) is 6.39 Å². The van der Waals surface area contributed by atoms with Crippen LogP contribution in [0.1, 0.15) is 17.3 Å². The van der Waals surface area contributed by atoms with Crippen molar-refractivity contribution in [1.82, 2.24) is 15.0 Å². The smallest absolute Gasteiger partial charge is 0.253 e. The minimum Gasteiger partial charge on any atom is -0.342 e. The lowest BCUT2D eigenvalue weighted by Crippen LogP contribution is -2.48. The van der Waals surface area contributed by atoms with Crippen molar-refractivity contribution >= 4 is 5.91 Å². The van der Waals surface area contributed by atoms with E-state index in [0.717, 1.165) is 18.7 Å². The molecule has 3 rings (SSSR count). The summed E-state index contributed by atoms with van der Waals surface area (Å²) in [4.78, 5) is 17.9. The SMILES string of the molecule is CC1CN(C(=O)c2ccc(-c3ncon3)cc2)C1. The second-order valence-electron chi connectivity index (χ2n) is 4.65. The number of nitrogens with zero attached hydrogens (tertiary/aromatic N) is 3. The van der Waals surface area contributed by atoms with Crippen LogP contribution in [0.5, 0.6) is 0 Å². The molecule has 0 radical (unpaired) electrons. The standard InChI is InChI=1S/C13H13N3O2/c1-9-6-16(7-9)13(17)11-4-2-10(3-5-11)12-14-8-18-15-12/h2-5,8-9H,6-7H2,1H3. The maximum atomic E-state index is 12.0. The normalized spacial score (nSPS) is 15.5. The molecule has 0 atom stereocenters. The van der Waals surface area contributed by atoms with Gasteiger partial charge < -0.3 is 9.42 Å². The van der Waals surface area contributed by atoms with Crippen LogP contribution in [0.2, 0.25) is 0 Å². The molecule has 1 aromatic carbocycles. The highest BCUT2D eigenvalue weighted by Gasteiger charge is 2.27. The van der Waals surface area contributed by atoms with Crippen LogP contribution in [0.3, 0.4) is 0 Å². The first-order valence-electron chi connectivity index (χ1n) is 5.90. The predicted molar refractivity (Wildman–Crippen MR) is 64.8 cm³/mol. The number of carbonyl (C=O) groups excluding carboxylic acids is 1. The molecule has 92 valence electrons. The van der Waals surface area contributed by atoms with E-state index in [0.29, 0.717) is 17.3 Å². The summed E-state index contributed by atoms with van der Waals surface area (Å²) >= 11 is 0. The molecule has 5 heteroatoms. The van der Waals surface area contributed by atoms with E-state index in [1.54, 1.807) is 12.1 Å². The summed E-state index contributed by atoms with van der Waals surface area (Å²) < 4.78 is 4.69. The van der Waals surface area contributed by atoms with Gasteiger partial charge in [0.05, 0.1) is 0 Å². The Labute approximate surface area is 104 Å². The average molecular weight is 243 g/mol. The molecule has 1 amide bonds. The van der Waals surface area contributed by atoms with Crippen LogP contribution in [-0.2, 0) is 0 Å². The van der Waals surface area contributed by atoms with Crippen molar-refractivity contribution in [2.45, 2.75) is 6.92 Å². The van der Waals surface area contributed by atoms with Gasteiger partial charge in [0.2, 0.25) is 12.2 Å². The van der Waals surface area contributed by atoms with Gasteiger partial charge in [-0.1, -0.05) is 24.2 Å². The fourth-order valence-electron chi connectivity index (χ4n) is 2.11. The molecule has 0 bridgehead atoms. The quantitative estimate of drug-likeness (QED) is 0.807. The zero-order valence-corrected chi connectivity index (χ0v) is 10.0. The van der Waals surface area contributed by atoms with Crippen molar-refractivity contribution in [3.8, 4) is 11.4 Å². The molecule has 0 N–H and O–H groups in total. The maximum absolute atomic E-state index is 12.0. The van der Waals surface area contributed by atoms with Gasteiger partial charge in [-0.3, -0.25) is 4.79 Å². The van der Waals surface area contributed by atoms with Crippen LogP contribution in [0.25, 0.3) is 11.4 Å². The number of hydrogen-bond acceptors (Lipinski definition) is 4. The summed E-state index contributed by atoms with van der Waals surface area (Å²) in [5.74, 6) is 1.24. The van der Waals surface area contributed by atoms with E-state index in [-0.39, 0.29) is 5.91 Å². The van der Waals surface area contributed by atoms with Crippen molar-refractivity contribution in [3.05, 3.63) is 36.2 Å². The predicted octanol–water partition coefficient (Wildman–Crippen LogP) is 1.83. The molecule has 1 aromatic heterocycles. The summed E-state index contributed by atoms with van der Waals surface area (Å²) in [6.45, 7) is 3.85. The van der Waals surface area contributed by atoms with Crippen LogP contribution in [0.15, 0.2) is 35.2 Å². The van der Waals surface area contributed by atoms with Crippen LogP contribution in [0, 0.1) is 5.92 Å². The van der Waals surface area contributed by atoms with Crippen LogP contribution in [0.4, 0.5) is 0 Å². The molecule has 0 aliphatic carbocycles. The Morgan fingerprint density at radius 3 is 2.61 bits per heavy atom. The minimum atomic E-state index is 0.0905. The number of carbonyl (C=O) groups is 1. The van der Waals surface area contributed by atoms with Gasteiger partial charge in [0.1, 0.15) is 0 Å². The minimum absolute atomic E-state index is 0.0905. The second-order valence-corrected chi connectivity index (χ2v) is 4.65. The van der Waals surface area contributed by atoms with E-state index >= 15 is 0 Å². The molecular formula is C13H13N3O2. The van der Waals surface area contributed by atoms with E-state index in [4.69, 9.17) is 0 Å². The molecule has 2 heterocycles. The van der Waals surface area contributed by atoms with E-state index in [2.05, 4.69) is 21.6 Å². The molecule has 18 heavy (non-hydrogen) atoms. The Morgan fingerprint density at radius 1 is 1.33 bits per heavy atom. The van der Waals surface area contributed by atoms with Gasteiger partial charge >= 0.3 is 0 Å². The highest BCUT2D eigenvalue weighted by molar-refractivity contribution is 5.95. The van der Waals surface area contributed by atoms with Crippen molar-refractivity contribution in [2.24, 2.45) is 5.92 Å². The third-order valence-electron chi connectivity index (χ3n) is 3.10. The Kier molecular flexibility index (Phi) is 2.59. The highest BCUT2D eigenvalue weighted by atomic mass is 16.5. The third kappa shape index (κ3) is 1.88. The monoisotopic (exact) mass is 243 g/mol. The Balaban J connectivity index is 1.77. The Hall–Kier alpha value is -2.17. The van der Waals surface area contributed by atoms with Crippen molar-refractivity contribution in [3.63, 3.8) is 0 Å². The zero-order chi connectivity index (χ0) is 12.5. The van der Waals surface area contributed by atoms with Crippen LogP contribution < -0.4 is 0 Å². The number of hydrogen-bond donors (Lipinski definition) is 0. The van der Waals surface area contributed by atoms with Crippen molar-refractivity contribution < 1.29 is 9.32 Å². The summed E-state index contributed by atoms with van der Waals surface area (Å²) in [5.41, 5.74) is 1.55. The first-order valence-corrected chi connectivity index (χ1v) is 5.90. The highest BCUT2D eigenvalue weighted by Crippen LogP contribution is 2.20. The number of rotatable bonds is 2. The van der Waals surface area contributed by atoms with Crippen molar-refractivity contribution in [1.29, 1.82) is 0 Å². The first kappa shape index (κ1) is 11.0. The van der Waals surface area contributed by atoms with Crippen molar-refractivity contribution in [2.75, 3.05) is 13.1 Å². The summed E-state index contributed by atoms with van der Waals surface area (Å²) in [6.07, 6.45) is 1.29. The molecule has 0 spiro atoms. The van der Waals surface area contributed by atoms with Gasteiger partial charge in [-0.05, 0) is 18.1 Å². The summed E-state index contributed by atoms with van der Waals surface area (Å²) in [7, 11) is 0. The third-order valence-corrected chi connectivity index (χ3v) is 3.10. The number of amides is 1. The lowest BCUT2D eigenvalue weighted by atomic mass is 10.0. The van der Waals surface area contributed by atoms with Gasteiger partial charge in [0.15, 0.2) is 0 Å². The fraction of sp³-hybridized carbons (Fsp3) is 0.308. The molecular weight excluding hydrogens is 230 g/mol. The number of aromatic nitrogens is 2. The zero-order valence-electron chi connectivity index (χ0n) is 10.0. The molecule has 1 aliphatic heterocycles.